The molecule has 14 heteroatoms. The summed E-state index contributed by atoms with van der Waals surface area (Å²) in [4.78, 5) is 63.9. The highest BCUT2D eigenvalue weighted by Crippen LogP contribution is 2.22. The Morgan fingerprint density at radius 2 is 1.83 bits per heavy atom. The fourth-order valence-electron chi connectivity index (χ4n) is 4.17. The lowest BCUT2D eigenvalue weighted by molar-refractivity contribution is -0.396. The molecule has 0 unspecified atom stereocenters. The van der Waals surface area contributed by atoms with Gasteiger partial charge in [0.05, 0.1) is 12.6 Å². The number of amides is 2. The Labute approximate surface area is 247 Å². The molecule has 0 saturated carbocycles. The molecule has 1 aromatic rings. The summed E-state index contributed by atoms with van der Waals surface area (Å²) in [6.45, 7) is 10.4. The van der Waals surface area contributed by atoms with Crippen molar-refractivity contribution in [2.75, 3.05) is 19.8 Å². The number of carbonyl (C=O) groups excluding carboxylic acids is 3. The molecule has 1 aromatic heterocycles. The summed E-state index contributed by atoms with van der Waals surface area (Å²) in [7, 11) is 0. The Hall–Kier alpha value is -3.55. The van der Waals surface area contributed by atoms with Gasteiger partial charge < -0.3 is 35.3 Å². The van der Waals surface area contributed by atoms with Crippen LogP contribution in [0.15, 0.2) is 12.4 Å². The summed E-state index contributed by atoms with van der Waals surface area (Å²) >= 11 is 0. The predicted molar refractivity (Wildman–Crippen MR) is 154 cm³/mol. The molecule has 0 spiro atoms. The number of imidazole rings is 1. The first kappa shape index (κ1) is 36.5. The summed E-state index contributed by atoms with van der Waals surface area (Å²) in [5.41, 5.74) is -0.781. The average Bonchev–Trinajstić information content (AvgIpc) is 3.37. The number of alkyl carbamates (subject to hydrolysis) is 1. The minimum atomic E-state index is -0.948. The van der Waals surface area contributed by atoms with E-state index >= 15 is 0 Å². The zero-order valence-corrected chi connectivity index (χ0v) is 25.4. The lowest BCUT2D eigenvalue weighted by atomic mass is 9.84. The topological polar surface area (TPSA) is 192 Å². The van der Waals surface area contributed by atoms with Crippen LogP contribution in [0, 0.1) is 22.0 Å². The lowest BCUT2D eigenvalue weighted by Crippen LogP contribution is -2.45. The Morgan fingerprint density at radius 1 is 1.14 bits per heavy atom. The highest BCUT2D eigenvalue weighted by Gasteiger charge is 2.31. The molecule has 2 amide bonds. The van der Waals surface area contributed by atoms with E-state index in [1.165, 1.54) is 17.0 Å². The fourth-order valence-corrected chi connectivity index (χ4v) is 4.17. The molecule has 42 heavy (non-hydrogen) atoms. The van der Waals surface area contributed by atoms with Crippen LogP contribution < -0.4 is 10.6 Å². The van der Waals surface area contributed by atoms with Crippen molar-refractivity contribution in [3.63, 3.8) is 0 Å². The number of ether oxygens (including phenoxy) is 2. The van der Waals surface area contributed by atoms with Crippen molar-refractivity contribution in [1.82, 2.24) is 20.2 Å². The second kappa shape index (κ2) is 18.8. The van der Waals surface area contributed by atoms with Crippen LogP contribution in [0.2, 0.25) is 0 Å². The molecule has 0 bridgehead atoms. The van der Waals surface area contributed by atoms with Crippen molar-refractivity contribution >= 4 is 29.7 Å². The summed E-state index contributed by atoms with van der Waals surface area (Å²) < 4.78 is 12.2. The largest absolute Gasteiger partial charge is 0.481 e. The highest BCUT2D eigenvalue weighted by molar-refractivity contribution is 5.91. The van der Waals surface area contributed by atoms with Gasteiger partial charge in [0.15, 0.2) is 5.78 Å². The van der Waals surface area contributed by atoms with Crippen LogP contribution in [-0.2, 0) is 30.4 Å². The van der Waals surface area contributed by atoms with Crippen LogP contribution in [0.5, 0.6) is 0 Å². The first-order valence-electron chi connectivity index (χ1n) is 14.5. The highest BCUT2D eigenvalue weighted by atomic mass is 16.6. The van der Waals surface area contributed by atoms with Crippen LogP contribution in [0.25, 0.3) is 0 Å². The minimum Gasteiger partial charge on any atom is -0.481 e. The molecule has 238 valence electrons. The van der Waals surface area contributed by atoms with Gasteiger partial charge in [-0.2, -0.15) is 0 Å². The third kappa shape index (κ3) is 14.9. The van der Waals surface area contributed by atoms with Gasteiger partial charge in [-0.05, 0) is 63.7 Å². The number of nitrogens with zero attached hydrogens (tertiary/aromatic N) is 3. The molecule has 0 aliphatic carbocycles. The van der Waals surface area contributed by atoms with Crippen molar-refractivity contribution < 1.29 is 38.7 Å². The van der Waals surface area contributed by atoms with Gasteiger partial charge in [0.2, 0.25) is 5.91 Å². The van der Waals surface area contributed by atoms with Crippen LogP contribution in [0.4, 0.5) is 10.7 Å². The molecule has 0 fully saturated rings. The van der Waals surface area contributed by atoms with Crippen LogP contribution in [0.3, 0.4) is 0 Å². The predicted octanol–water partition coefficient (Wildman–Crippen LogP) is 3.86. The number of aliphatic carboxylic acids is 1. The second-order valence-corrected chi connectivity index (χ2v) is 11.3. The summed E-state index contributed by atoms with van der Waals surface area (Å²) in [6.07, 6.45) is 5.00. The number of ketones is 1. The maximum absolute atomic E-state index is 13.5. The molecule has 0 radical (unpaired) electrons. The molecule has 0 aliphatic heterocycles. The maximum Gasteiger partial charge on any atom is 0.434 e. The normalized spacial score (nSPS) is 13.5. The van der Waals surface area contributed by atoms with Gasteiger partial charge in [-0.1, -0.05) is 25.3 Å². The summed E-state index contributed by atoms with van der Waals surface area (Å²) in [5, 5.41) is 25.3. The van der Waals surface area contributed by atoms with Gasteiger partial charge in [-0.25, -0.2) is 9.36 Å². The molecule has 1 rings (SSSR count). The van der Waals surface area contributed by atoms with E-state index in [0.29, 0.717) is 51.9 Å². The number of nitrogens with one attached hydrogen (secondary N) is 2. The van der Waals surface area contributed by atoms with E-state index in [1.54, 1.807) is 20.8 Å². The van der Waals surface area contributed by atoms with E-state index in [2.05, 4.69) is 15.6 Å². The van der Waals surface area contributed by atoms with Crippen LogP contribution in [0.1, 0.15) is 86.0 Å². The van der Waals surface area contributed by atoms with E-state index in [9.17, 15) is 29.3 Å². The molecular weight excluding hydrogens is 550 g/mol. The Morgan fingerprint density at radius 3 is 2.45 bits per heavy atom. The standard InChI is InChI=1S/C28H47N5O9/c1-6-20(2)21(25(37)29-13-10-18-41-17-8-7-12-24(35)36)19-23(34)22(31-27(38)42-28(3,4)5)11-9-15-32-16-14-30-26(32)33(39)40/h14,16,20-22H,6-13,15,17-19H2,1-5H3,(H,29,37)(H,31,38)(H,35,36)/t20-,21-,22-/m0/s1. The maximum atomic E-state index is 13.5. The van der Waals surface area contributed by atoms with Crippen molar-refractivity contribution in [1.29, 1.82) is 0 Å². The molecule has 14 nitrogen and oxygen atoms in total. The number of carboxylic acids is 1. The first-order valence-corrected chi connectivity index (χ1v) is 14.5. The van der Waals surface area contributed by atoms with Crippen molar-refractivity contribution in [3.05, 3.63) is 22.5 Å². The van der Waals surface area contributed by atoms with Gasteiger partial charge in [-0.15, -0.1) is 0 Å². The zero-order chi connectivity index (χ0) is 31.7. The van der Waals surface area contributed by atoms with Gasteiger partial charge in [0.25, 0.3) is 0 Å². The van der Waals surface area contributed by atoms with Crippen LogP contribution >= 0.6 is 0 Å². The van der Waals surface area contributed by atoms with Gasteiger partial charge in [-0.3, -0.25) is 14.4 Å². The Bertz CT molecular complexity index is 1020. The third-order valence-corrected chi connectivity index (χ3v) is 6.61. The van der Waals surface area contributed by atoms with E-state index in [1.807, 2.05) is 13.8 Å². The van der Waals surface area contributed by atoms with Gasteiger partial charge >= 0.3 is 18.0 Å². The Balaban J connectivity index is 2.76. The average molecular weight is 598 g/mol. The number of aromatic nitrogens is 2. The molecule has 0 aliphatic rings. The lowest BCUT2D eigenvalue weighted by Gasteiger charge is -2.26. The number of aryl methyl sites for hydroxylation is 1. The smallest absolute Gasteiger partial charge is 0.434 e. The number of unbranched alkanes of at least 4 members (excludes halogenated alkanes) is 1. The molecule has 1 heterocycles. The third-order valence-electron chi connectivity index (χ3n) is 6.61. The number of carbonyl (C=O) groups is 4. The second-order valence-electron chi connectivity index (χ2n) is 11.3. The SMILES string of the molecule is CC[C@H](C)[C@H](CC(=O)[C@H](CCCn1ccnc1[N+](=O)[O-])NC(=O)OC(C)(C)C)C(=O)NCCCOCCCCC(=O)O. The van der Waals surface area contributed by atoms with E-state index in [0.717, 1.165) is 0 Å². The van der Waals surface area contributed by atoms with Crippen molar-refractivity contribution in [3.8, 4) is 0 Å². The number of hydrogen-bond acceptors (Lipinski definition) is 9. The minimum absolute atomic E-state index is 0.0907. The monoisotopic (exact) mass is 597 g/mol. The molecule has 3 N–H and O–H groups in total. The zero-order valence-electron chi connectivity index (χ0n) is 25.4. The molecule has 0 aromatic carbocycles. The fraction of sp³-hybridized carbons (Fsp3) is 0.750. The number of rotatable bonds is 21. The van der Waals surface area contributed by atoms with E-state index < -0.39 is 34.5 Å². The van der Waals surface area contributed by atoms with Crippen molar-refractivity contribution in [2.24, 2.45) is 11.8 Å². The number of Topliss-reactive ketones (excluding diaryl/α,β-unsaturated/α-hetero) is 1. The summed E-state index contributed by atoms with van der Waals surface area (Å²) in [5.74, 6) is -2.45. The number of carboxylic acid groups (broad SMARTS) is 1. The van der Waals surface area contributed by atoms with Gasteiger partial charge in [0.1, 0.15) is 18.0 Å². The first-order chi connectivity index (χ1) is 19.7. The van der Waals surface area contributed by atoms with Crippen molar-refractivity contribution in [2.45, 2.75) is 104 Å². The number of nitro groups is 1. The molecule has 3 atom stereocenters. The van der Waals surface area contributed by atoms with Gasteiger partial charge in [0, 0.05) is 38.5 Å². The molecule has 0 saturated heterocycles. The van der Waals surface area contributed by atoms with E-state index in [-0.39, 0.29) is 49.4 Å². The molecular formula is C28H47N5O9. The number of hydrogen-bond donors (Lipinski definition) is 3. The quantitative estimate of drug-likeness (QED) is 0.106. The Kier molecular flexibility index (Phi) is 16.3. The van der Waals surface area contributed by atoms with Crippen LogP contribution in [-0.4, -0.2) is 74.7 Å². The summed E-state index contributed by atoms with van der Waals surface area (Å²) in [6, 6.07) is -0.948. The van der Waals surface area contributed by atoms with E-state index in [4.69, 9.17) is 14.6 Å².